The zero-order chi connectivity index (χ0) is 51.1. The number of benzene rings is 1. The van der Waals surface area contributed by atoms with Gasteiger partial charge in [-0.3, -0.25) is 4.98 Å². The van der Waals surface area contributed by atoms with E-state index < -0.39 is 42.9 Å². The number of methoxy groups -OCH3 is 1. The fraction of sp³-hybridized carbons (Fsp3) is 0.558. The Balaban J connectivity index is 1.15. The number of cyclic esters (lactones) is 1. The van der Waals surface area contributed by atoms with Crippen molar-refractivity contribution in [2.24, 2.45) is 11.3 Å². The average Bonchev–Trinajstić information content (AvgIpc) is 4.02. The molecule has 4 aliphatic rings. The number of halogens is 1. The van der Waals surface area contributed by atoms with Gasteiger partial charge in [-0.05, 0) is 13.0 Å². The van der Waals surface area contributed by atoms with Crippen molar-refractivity contribution in [2.45, 2.75) is 122 Å². The molecule has 0 saturated carbocycles. The first-order chi connectivity index (χ1) is 33.9. The Kier molecular flexibility index (Phi) is 16.0. The van der Waals surface area contributed by atoms with Crippen molar-refractivity contribution in [3.8, 4) is 22.5 Å². The van der Waals surface area contributed by atoms with E-state index in [4.69, 9.17) is 19.4 Å². The summed E-state index contributed by atoms with van der Waals surface area (Å²) in [5.74, 6) is -1.33. The standard InChI is InChI=1S/C52H70IN10O7S/c1-12-44(64)58-27-32(5)62(33(6)28-58)51(68)57(10)46(31(3)4)48(65)56-53-39-25-43-55-40(29-71-43)35-18-19-41-37(24-35)38(47(60(41)13-2)36-16-14-20-54-45(36)34(7)69-11)26-52(8,9)30-70-50(67)42-17-15-21-61(49(39)66)63(42)59-22-23-59/h12,14,16,18-20,24,29,31-34,39,42,46H,1,13,15,17,21-23,25-28,30H2,2-11H3,(H,56,65)/q-1/t32-,33-,34-,39-,42-,46-/m0/s1. The molecule has 3 fully saturated rings. The number of thiazole rings is 1. The molecular formula is C52H70IN10O7S-. The maximum atomic E-state index is 15.2. The van der Waals surface area contributed by atoms with Gasteiger partial charge in [-0.1, -0.05) is 0 Å². The number of hydrogen-bond acceptors (Lipinski definition) is 12. The Bertz CT molecular complexity index is 2650. The fourth-order valence-corrected chi connectivity index (χ4v) is 14.0. The summed E-state index contributed by atoms with van der Waals surface area (Å²) in [5, 5.41) is 9.43. The second-order valence-corrected chi connectivity index (χ2v) is 24.1. The second kappa shape index (κ2) is 21.6. The Labute approximate surface area is 432 Å². The number of fused-ring (bicyclic) bond motifs is 6. The van der Waals surface area contributed by atoms with E-state index in [9.17, 15) is 19.2 Å². The number of hydrogen-bond donors (Lipinski definition) is 1. The Morgan fingerprint density at radius 1 is 1.10 bits per heavy atom. The summed E-state index contributed by atoms with van der Waals surface area (Å²) in [7, 11) is 3.35. The summed E-state index contributed by atoms with van der Waals surface area (Å²) in [6.07, 6.45) is 4.83. The molecule has 0 unspecified atom stereocenters. The zero-order valence-electron chi connectivity index (χ0n) is 42.8. The molecule has 0 radical (unpaired) electrons. The number of amides is 5. The first kappa shape index (κ1) is 52.4. The number of aryl methyl sites for hydroxylation is 1. The molecule has 19 heteroatoms. The summed E-state index contributed by atoms with van der Waals surface area (Å²) < 4.78 is 17.1. The number of aromatic nitrogens is 3. The second-order valence-electron chi connectivity index (χ2n) is 20.5. The van der Waals surface area contributed by atoms with Crippen LogP contribution in [0.25, 0.3) is 33.4 Å². The van der Waals surface area contributed by atoms with Crippen molar-refractivity contribution < 1.29 is 54.9 Å². The fourth-order valence-electron chi connectivity index (χ4n) is 10.6. The minimum absolute atomic E-state index is 0.156. The quantitative estimate of drug-likeness (QED) is 0.0586. The van der Waals surface area contributed by atoms with E-state index in [1.165, 1.54) is 22.3 Å². The van der Waals surface area contributed by atoms with Gasteiger partial charge in [0.1, 0.15) is 0 Å². The van der Waals surface area contributed by atoms with E-state index in [-0.39, 0.29) is 66.9 Å². The first-order valence-corrected chi connectivity index (χ1v) is 28.1. The van der Waals surface area contributed by atoms with Crippen LogP contribution in [0.2, 0.25) is 0 Å². The van der Waals surface area contributed by atoms with Crippen molar-refractivity contribution in [3.05, 3.63) is 70.8 Å². The third-order valence-corrected chi connectivity index (χ3v) is 17.6. The van der Waals surface area contributed by atoms with Gasteiger partial charge in [-0.25, -0.2) is 0 Å². The number of urea groups is 1. The van der Waals surface area contributed by atoms with E-state index >= 15 is 4.79 Å². The number of nitrogens with zero attached hydrogens (tertiary/aromatic N) is 9. The molecule has 71 heavy (non-hydrogen) atoms. The van der Waals surface area contributed by atoms with Gasteiger partial charge in [0.05, 0.1) is 6.10 Å². The number of piperazine rings is 1. The summed E-state index contributed by atoms with van der Waals surface area (Å²) in [5.41, 5.74) is 6.31. The number of nitrogens with one attached hydrogen (secondary N) is 1. The van der Waals surface area contributed by atoms with Gasteiger partial charge in [-0.2, -0.15) is 0 Å². The van der Waals surface area contributed by atoms with E-state index in [1.807, 2.05) is 56.2 Å². The molecule has 17 nitrogen and oxygen atoms in total. The predicted molar refractivity (Wildman–Crippen MR) is 269 cm³/mol. The van der Waals surface area contributed by atoms with Crippen LogP contribution < -0.4 is 25.0 Å². The molecule has 7 heterocycles. The molecule has 384 valence electrons. The molecule has 1 aromatic carbocycles. The third-order valence-electron chi connectivity index (χ3n) is 14.2. The van der Waals surface area contributed by atoms with E-state index in [0.29, 0.717) is 58.5 Å². The number of pyridine rings is 1. The number of alkyl halides is 1. The van der Waals surface area contributed by atoms with Crippen LogP contribution in [-0.4, -0.2) is 156 Å². The molecule has 4 aromatic rings. The SMILES string of the molecule is C=CC(=O)N1C[C@H](C)N(C(=O)N(C)[C@H](C(=O)N[I-][C@H]2Cc3nc(cs3)-c3ccc4c(c3)c(c(-c3cccnc3[C@H](C)OC)n4CC)CC(C)(C)COC(=O)[C@@H]3CCCN(C2=O)N3N2CC2)C(C)C)[C@@H](C)C1. The average molecular weight is 1110 g/mol. The molecule has 8 rings (SSSR count). The van der Waals surface area contributed by atoms with Gasteiger partial charge in [-0.15, -0.1) is 0 Å². The van der Waals surface area contributed by atoms with Crippen LogP contribution in [0.15, 0.2) is 54.6 Å². The number of likely N-dealkylation sites (N-methyl/N-ethyl adjacent to an activating group) is 1. The molecule has 0 aliphatic carbocycles. The number of rotatable bonds is 11. The van der Waals surface area contributed by atoms with Crippen LogP contribution in [-0.2, 0) is 48.0 Å². The minimum atomic E-state index is -1.40. The topological polar surface area (TPSA) is 166 Å². The Morgan fingerprint density at radius 3 is 2.49 bits per heavy atom. The number of ether oxygens (including phenoxy) is 2. The Hall–Kier alpha value is -4.96. The van der Waals surface area contributed by atoms with Gasteiger partial charge in [0, 0.05) is 13.3 Å². The summed E-state index contributed by atoms with van der Waals surface area (Å²) in [6, 6.07) is 8.12. The van der Waals surface area contributed by atoms with Gasteiger partial charge in [0.25, 0.3) is 0 Å². The first-order valence-electron chi connectivity index (χ1n) is 24.9. The van der Waals surface area contributed by atoms with Crippen LogP contribution in [0.4, 0.5) is 4.79 Å². The number of carbonyl (C=O) groups excluding carboxylic acids is 5. The Morgan fingerprint density at radius 2 is 1.83 bits per heavy atom. The van der Waals surface area contributed by atoms with Crippen LogP contribution in [0.1, 0.15) is 90.6 Å². The van der Waals surface area contributed by atoms with Crippen molar-refractivity contribution in [1.82, 2.24) is 47.9 Å². The van der Waals surface area contributed by atoms with E-state index in [1.54, 1.807) is 35.2 Å². The normalized spacial score (nSPS) is 23.1. The molecule has 6 atom stereocenters. The summed E-state index contributed by atoms with van der Waals surface area (Å²) >= 11 is 0.0867. The van der Waals surface area contributed by atoms with E-state index in [0.717, 1.165) is 49.7 Å². The molecule has 1 N–H and O–H groups in total. The third kappa shape index (κ3) is 10.8. The monoisotopic (exact) mass is 1110 g/mol. The van der Waals surface area contributed by atoms with Crippen LogP contribution in [0.3, 0.4) is 0 Å². The van der Waals surface area contributed by atoms with Crippen LogP contribution >= 0.6 is 11.3 Å². The summed E-state index contributed by atoms with van der Waals surface area (Å²) in [6.45, 7) is 23.0. The van der Waals surface area contributed by atoms with Gasteiger partial charge in [0.15, 0.2) is 0 Å². The predicted octanol–water partition coefficient (Wildman–Crippen LogP) is 3.33. The van der Waals surface area contributed by atoms with Crippen LogP contribution in [0, 0.1) is 11.3 Å². The summed E-state index contributed by atoms with van der Waals surface area (Å²) in [4.78, 5) is 85.9. The molecule has 3 aromatic heterocycles. The van der Waals surface area contributed by atoms with Crippen molar-refractivity contribution in [1.29, 1.82) is 0 Å². The zero-order valence-corrected chi connectivity index (χ0v) is 45.8. The van der Waals surface area contributed by atoms with Crippen LogP contribution in [0.5, 0.6) is 0 Å². The maximum absolute atomic E-state index is 15.2. The van der Waals surface area contributed by atoms with Gasteiger partial charge < -0.3 is 4.74 Å². The molecule has 5 amide bonds. The molecule has 6 bridgehead atoms. The number of carbonyl (C=O) groups is 5. The number of esters is 1. The van der Waals surface area contributed by atoms with Crippen molar-refractivity contribution in [3.63, 3.8) is 0 Å². The molecule has 3 saturated heterocycles. The van der Waals surface area contributed by atoms with Crippen molar-refractivity contribution in [2.75, 3.05) is 53.5 Å². The molecule has 0 spiro atoms. The van der Waals surface area contributed by atoms with Gasteiger partial charge in [0.2, 0.25) is 0 Å². The van der Waals surface area contributed by atoms with E-state index in [2.05, 4.69) is 59.7 Å². The van der Waals surface area contributed by atoms with Gasteiger partial charge >= 0.3 is 393 Å². The number of hydrazine groups is 2. The molecule has 4 aliphatic heterocycles. The molecular weight excluding hydrogens is 1040 g/mol. The van der Waals surface area contributed by atoms with Crippen molar-refractivity contribution >= 4 is 52.0 Å².